The molecular weight excluding hydrogens is 787 g/mol. The van der Waals surface area contributed by atoms with Gasteiger partial charge in [-0.05, 0) is 93.3 Å². The number of aromatic nitrogens is 3. The van der Waals surface area contributed by atoms with Crippen molar-refractivity contribution in [2.45, 2.75) is 58.1 Å². The fourth-order valence-corrected chi connectivity index (χ4v) is 8.66. The zero-order valence-electron chi connectivity index (χ0n) is 35.5. The lowest BCUT2D eigenvalue weighted by Crippen LogP contribution is -2.63. The molecular formula is C47H51N9O6. The second kappa shape index (κ2) is 16.8. The molecule has 1 unspecified atom stereocenters. The van der Waals surface area contributed by atoms with Crippen molar-refractivity contribution in [3.8, 4) is 17.0 Å². The first-order valence-corrected chi connectivity index (χ1v) is 21.3. The molecule has 6 heterocycles. The van der Waals surface area contributed by atoms with Gasteiger partial charge in [0.25, 0.3) is 0 Å². The topological polar surface area (TPSA) is 162 Å². The number of rotatable bonds is 9. The van der Waals surface area contributed by atoms with Gasteiger partial charge in [-0.25, -0.2) is 19.7 Å². The van der Waals surface area contributed by atoms with Crippen LogP contribution < -0.4 is 25.2 Å². The molecule has 0 saturated carbocycles. The third-order valence-electron chi connectivity index (χ3n) is 12.1. The van der Waals surface area contributed by atoms with Crippen LogP contribution in [0.1, 0.15) is 61.0 Å². The van der Waals surface area contributed by atoms with Gasteiger partial charge in [-0.3, -0.25) is 34.4 Å². The number of Topliss-reactive ketones (excluding diaryl/α,β-unsaturated/α-hetero) is 1. The molecule has 2 aromatic heterocycles. The Balaban J connectivity index is 0.769. The van der Waals surface area contributed by atoms with Crippen molar-refractivity contribution < 1.29 is 28.7 Å². The van der Waals surface area contributed by atoms with Crippen molar-refractivity contribution in [2.75, 3.05) is 74.1 Å². The van der Waals surface area contributed by atoms with Crippen molar-refractivity contribution in [1.82, 2.24) is 30.1 Å². The molecule has 62 heavy (non-hydrogen) atoms. The SMILES string of the molecule is Cc1c(-c2ccc3cnc(Nc4ccc(C(=O)CN5CCN(C6CN(c7ccc(C8CCC(=O)NC8=O)cc7)C6)CC5)cc4)nc3c2)cnc2c1N(C(=O)OC(C)(C)C)CCO2. The number of benzene rings is 3. The maximum absolute atomic E-state index is 13.3. The summed E-state index contributed by atoms with van der Waals surface area (Å²) < 4.78 is 11.5. The van der Waals surface area contributed by atoms with Crippen LogP contribution in [0.4, 0.5) is 27.8 Å². The minimum atomic E-state index is -0.641. The summed E-state index contributed by atoms with van der Waals surface area (Å²) in [5.74, 6) is 0.237. The van der Waals surface area contributed by atoms with E-state index in [9.17, 15) is 19.2 Å². The summed E-state index contributed by atoms with van der Waals surface area (Å²) in [6.07, 6.45) is 4.02. The average molecular weight is 838 g/mol. The summed E-state index contributed by atoms with van der Waals surface area (Å²) in [6, 6.07) is 22.0. The van der Waals surface area contributed by atoms with Gasteiger partial charge in [-0.2, -0.15) is 0 Å². The summed E-state index contributed by atoms with van der Waals surface area (Å²) in [6.45, 7) is 14.0. The number of hydrogen-bond acceptors (Lipinski definition) is 13. The molecule has 4 aliphatic rings. The highest BCUT2D eigenvalue weighted by Gasteiger charge is 2.35. The number of ketones is 1. The van der Waals surface area contributed by atoms with Gasteiger partial charge in [-0.1, -0.05) is 24.3 Å². The first-order valence-electron chi connectivity index (χ1n) is 21.3. The summed E-state index contributed by atoms with van der Waals surface area (Å²) in [4.78, 5) is 72.9. The lowest BCUT2D eigenvalue weighted by Gasteiger charge is -2.49. The summed E-state index contributed by atoms with van der Waals surface area (Å²) in [5.41, 5.74) is 6.79. The Morgan fingerprint density at radius 1 is 0.919 bits per heavy atom. The van der Waals surface area contributed by atoms with E-state index in [1.54, 1.807) is 17.3 Å². The van der Waals surface area contributed by atoms with Crippen LogP contribution >= 0.6 is 0 Å². The number of piperidine rings is 1. The highest BCUT2D eigenvalue weighted by molar-refractivity contribution is 6.01. The van der Waals surface area contributed by atoms with Crippen molar-refractivity contribution in [1.29, 1.82) is 0 Å². The Labute approximate surface area is 360 Å². The van der Waals surface area contributed by atoms with Gasteiger partial charge in [0.05, 0.1) is 24.5 Å². The number of fused-ring (bicyclic) bond motifs is 2. The summed E-state index contributed by atoms with van der Waals surface area (Å²) in [7, 11) is 0. The number of anilines is 4. The quantitative estimate of drug-likeness (QED) is 0.130. The molecule has 0 aliphatic carbocycles. The van der Waals surface area contributed by atoms with Crippen molar-refractivity contribution >= 4 is 57.6 Å². The number of hydrogen-bond donors (Lipinski definition) is 2. The standard InChI is InChI=1S/C47H51N9O6/c1-29-38(25-48-44-42(29)56(21-22-61-44)46(60)62-47(2,3)4)32-5-6-33-24-49-45(51-39(33)23-32)50-34-11-7-31(8-12-34)40(57)28-53-17-19-54(20-18-53)36-26-55(27-36)35-13-9-30(10-14-35)37-15-16-41(58)52-43(37)59/h5-14,23-25,36-37H,15-22,26-28H2,1-4H3,(H,49,50,51)(H,52,58,59). The Morgan fingerprint density at radius 2 is 1.68 bits per heavy atom. The third-order valence-corrected chi connectivity index (χ3v) is 12.1. The minimum Gasteiger partial charge on any atom is -0.474 e. The van der Waals surface area contributed by atoms with Crippen molar-refractivity contribution in [3.05, 3.63) is 95.8 Å². The first kappa shape index (κ1) is 40.9. The monoisotopic (exact) mass is 837 g/mol. The lowest BCUT2D eigenvalue weighted by atomic mass is 9.90. The van der Waals surface area contributed by atoms with Crippen LogP contribution in [0.5, 0.6) is 5.88 Å². The van der Waals surface area contributed by atoms with E-state index in [0.29, 0.717) is 61.7 Å². The third kappa shape index (κ3) is 8.68. The highest BCUT2D eigenvalue weighted by atomic mass is 16.6. The second-order valence-electron chi connectivity index (χ2n) is 17.5. The molecule has 5 aromatic rings. The van der Waals surface area contributed by atoms with E-state index in [-0.39, 0.29) is 23.5 Å². The molecule has 0 spiro atoms. The van der Waals surface area contributed by atoms with Gasteiger partial charge in [0.15, 0.2) is 5.78 Å². The number of imide groups is 1. The molecule has 2 N–H and O–H groups in total. The van der Waals surface area contributed by atoms with E-state index in [0.717, 1.165) is 83.8 Å². The fourth-order valence-electron chi connectivity index (χ4n) is 8.66. The van der Waals surface area contributed by atoms with Gasteiger partial charge in [0, 0.05) is 92.0 Å². The van der Waals surface area contributed by atoms with Gasteiger partial charge in [0.2, 0.25) is 23.6 Å². The molecule has 1 atom stereocenters. The molecule has 9 rings (SSSR count). The number of carbonyl (C=O) groups is 4. The predicted octanol–water partition coefficient (Wildman–Crippen LogP) is 6.09. The lowest BCUT2D eigenvalue weighted by molar-refractivity contribution is -0.134. The molecule has 3 aromatic carbocycles. The molecule has 0 bridgehead atoms. The summed E-state index contributed by atoms with van der Waals surface area (Å²) in [5, 5.41) is 6.60. The molecule has 3 saturated heterocycles. The zero-order valence-corrected chi connectivity index (χ0v) is 35.5. The first-order chi connectivity index (χ1) is 29.8. The van der Waals surface area contributed by atoms with E-state index in [1.807, 2.05) is 82.3 Å². The minimum absolute atomic E-state index is 0.0859. The van der Waals surface area contributed by atoms with E-state index in [1.165, 1.54) is 0 Å². The number of nitrogens with zero attached hydrogens (tertiary/aromatic N) is 7. The van der Waals surface area contributed by atoms with Crippen LogP contribution in [-0.4, -0.2) is 119 Å². The number of amides is 3. The van der Waals surface area contributed by atoms with Crippen LogP contribution in [0.2, 0.25) is 0 Å². The molecule has 3 amide bonds. The number of piperazine rings is 1. The number of pyridine rings is 1. The highest BCUT2D eigenvalue weighted by Crippen LogP contribution is 2.40. The van der Waals surface area contributed by atoms with E-state index >= 15 is 0 Å². The molecule has 320 valence electrons. The van der Waals surface area contributed by atoms with Crippen molar-refractivity contribution in [3.63, 3.8) is 0 Å². The van der Waals surface area contributed by atoms with E-state index < -0.39 is 11.7 Å². The summed E-state index contributed by atoms with van der Waals surface area (Å²) >= 11 is 0. The number of nitrogens with one attached hydrogen (secondary N) is 2. The van der Waals surface area contributed by atoms with Crippen LogP contribution in [-0.2, 0) is 14.3 Å². The van der Waals surface area contributed by atoms with Gasteiger partial charge < -0.3 is 19.7 Å². The maximum atomic E-state index is 13.3. The Hall–Kier alpha value is -6.45. The second-order valence-corrected chi connectivity index (χ2v) is 17.5. The molecule has 0 radical (unpaired) electrons. The van der Waals surface area contributed by atoms with Gasteiger partial charge >= 0.3 is 6.09 Å². The number of ether oxygens (including phenoxy) is 2. The van der Waals surface area contributed by atoms with Crippen LogP contribution in [0.25, 0.3) is 22.0 Å². The van der Waals surface area contributed by atoms with Crippen LogP contribution in [0.15, 0.2) is 79.1 Å². The molecule has 15 heteroatoms. The molecule has 4 aliphatic heterocycles. The molecule has 3 fully saturated rings. The van der Waals surface area contributed by atoms with Gasteiger partial charge in [0.1, 0.15) is 17.9 Å². The van der Waals surface area contributed by atoms with Crippen LogP contribution in [0, 0.1) is 6.92 Å². The van der Waals surface area contributed by atoms with Crippen LogP contribution in [0.3, 0.4) is 0 Å². The predicted molar refractivity (Wildman–Crippen MR) is 236 cm³/mol. The Morgan fingerprint density at radius 3 is 2.40 bits per heavy atom. The Bertz CT molecular complexity index is 2530. The van der Waals surface area contributed by atoms with E-state index in [4.69, 9.17) is 14.5 Å². The zero-order chi connectivity index (χ0) is 43.1. The van der Waals surface area contributed by atoms with Crippen molar-refractivity contribution in [2.24, 2.45) is 0 Å². The number of carbonyl (C=O) groups excluding carboxylic acids is 4. The smallest absolute Gasteiger partial charge is 0.415 e. The maximum Gasteiger partial charge on any atom is 0.415 e. The Kier molecular flexibility index (Phi) is 11.1. The van der Waals surface area contributed by atoms with Gasteiger partial charge in [-0.15, -0.1) is 0 Å². The molecule has 15 nitrogen and oxygen atoms in total. The normalized spacial score (nSPS) is 18.7. The largest absolute Gasteiger partial charge is 0.474 e. The van der Waals surface area contributed by atoms with E-state index in [2.05, 4.69) is 47.4 Å². The fraction of sp³-hybridized carbons (Fsp3) is 0.383. The average Bonchev–Trinajstić information content (AvgIpc) is 3.23.